The fraction of sp³-hybridized carbons (Fsp3) is 0.889. The third-order valence-electron chi connectivity index (χ3n) is 1.82. The maximum atomic E-state index is 11.2. The summed E-state index contributed by atoms with van der Waals surface area (Å²) in [6, 6.07) is -0.555. The lowest BCUT2D eigenvalue weighted by Gasteiger charge is -2.10. The smallest absolute Gasteiger partial charge is 0.322 e. The lowest BCUT2D eigenvalue weighted by Crippen LogP contribution is -2.32. The number of hydrogen-bond acceptors (Lipinski definition) is 5. The van der Waals surface area contributed by atoms with Crippen LogP contribution in [0.2, 0.25) is 0 Å². The van der Waals surface area contributed by atoms with E-state index in [-0.39, 0.29) is 25.6 Å². The number of carbonyl (C=O) groups is 1. The van der Waals surface area contributed by atoms with Crippen LogP contribution in [-0.4, -0.2) is 36.9 Å². The van der Waals surface area contributed by atoms with E-state index in [1.807, 2.05) is 0 Å². The van der Waals surface area contributed by atoms with Gasteiger partial charge in [-0.15, -0.1) is 12.4 Å². The third-order valence-corrected chi connectivity index (χ3v) is 1.82. The van der Waals surface area contributed by atoms with Crippen molar-refractivity contribution in [3.8, 4) is 0 Å². The Balaban J connectivity index is 0. The number of nitrogens with two attached hydrogens (primary N) is 2. The second-order valence-electron chi connectivity index (χ2n) is 3.14. The van der Waals surface area contributed by atoms with Crippen molar-refractivity contribution in [1.29, 1.82) is 0 Å². The van der Waals surface area contributed by atoms with E-state index in [0.29, 0.717) is 19.4 Å². The molecule has 92 valence electrons. The minimum Gasteiger partial charge on any atom is -0.464 e. The monoisotopic (exact) mass is 240 g/mol. The molecule has 0 aromatic carbocycles. The predicted octanol–water partition coefficient (Wildman–Crippen LogP) is -0.210. The highest BCUT2D eigenvalue weighted by Gasteiger charge is 2.13. The zero-order valence-corrected chi connectivity index (χ0v) is 9.67. The quantitative estimate of drug-likeness (QED) is 0.403. The van der Waals surface area contributed by atoms with E-state index in [4.69, 9.17) is 21.3 Å². The first-order valence-electron chi connectivity index (χ1n) is 4.95. The molecule has 0 aliphatic rings. The molecule has 0 fully saturated rings. The van der Waals surface area contributed by atoms with Gasteiger partial charge in [0.25, 0.3) is 0 Å². The molecular formula is C9H21ClN2O3. The van der Waals surface area contributed by atoms with Crippen LogP contribution in [0.3, 0.4) is 0 Å². The molecule has 0 aliphatic carbocycles. The van der Waals surface area contributed by atoms with Gasteiger partial charge in [0.2, 0.25) is 0 Å². The van der Waals surface area contributed by atoms with Gasteiger partial charge < -0.3 is 21.3 Å². The van der Waals surface area contributed by atoms with Crippen LogP contribution in [0, 0.1) is 0 Å². The van der Waals surface area contributed by atoms with Gasteiger partial charge in [-0.1, -0.05) is 6.42 Å². The van der Waals surface area contributed by atoms with Crippen LogP contribution in [-0.2, 0) is 9.53 Å². The molecule has 0 aromatic rings. The zero-order chi connectivity index (χ0) is 10.8. The first-order chi connectivity index (χ1) is 6.72. The summed E-state index contributed by atoms with van der Waals surface area (Å²) in [6.45, 7) is 0.877. The summed E-state index contributed by atoms with van der Waals surface area (Å²) in [5.41, 5.74) is 10.9. The van der Waals surface area contributed by atoms with Gasteiger partial charge in [-0.05, 0) is 19.4 Å². The van der Waals surface area contributed by atoms with Gasteiger partial charge in [-0.3, -0.25) is 4.79 Å². The van der Waals surface area contributed by atoms with Gasteiger partial charge in [-0.2, -0.15) is 0 Å². The molecule has 6 heteroatoms. The first-order valence-corrected chi connectivity index (χ1v) is 4.95. The molecule has 1 atom stereocenters. The maximum Gasteiger partial charge on any atom is 0.322 e. The topological polar surface area (TPSA) is 98.6 Å². The molecule has 0 spiro atoms. The molecule has 0 aliphatic heterocycles. The van der Waals surface area contributed by atoms with E-state index < -0.39 is 12.0 Å². The minimum absolute atomic E-state index is 0. The van der Waals surface area contributed by atoms with Gasteiger partial charge in [0.1, 0.15) is 6.04 Å². The number of hydrogen-bond donors (Lipinski definition) is 3. The van der Waals surface area contributed by atoms with Crippen molar-refractivity contribution in [1.82, 2.24) is 0 Å². The number of ether oxygens (including phenoxy) is 1. The SMILES string of the molecule is Cl.NCCCC[C@H](N)C(=O)OCCCO. The van der Waals surface area contributed by atoms with Gasteiger partial charge >= 0.3 is 5.97 Å². The number of aliphatic hydroxyl groups excluding tert-OH is 1. The molecule has 5 nitrogen and oxygen atoms in total. The van der Waals surface area contributed by atoms with Crippen LogP contribution < -0.4 is 11.5 Å². The molecule has 0 amide bonds. The molecular weight excluding hydrogens is 220 g/mol. The molecule has 5 N–H and O–H groups in total. The molecule has 0 bridgehead atoms. The number of halogens is 1. The Labute approximate surface area is 96.6 Å². The van der Waals surface area contributed by atoms with Crippen molar-refractivity contribution < 1.29 is 14.6 Å². The van der Waals surface area contributed by atoms with Crippen molar-refractivity contribution in [2.75, 3.05) is 19.8 Å². The van der Waals surface area contributed by atoms with Crippen molar-refractivity contribution in [3.63, 3.8) is 0 Å². The lowest BCUT2D eigenvalue weighted by atomic mass is 10.1. The van der Waals surface area contributed by atoms with E-state index in [2.05, 4.69) is 0 Å². The number of aliphatic hydroxyl groups is 1. The second kappa shape index (κ2) is 11.7. The number of rotatable bonds is 8. The summed E-state index contributed by atoms with van der Waals surface area (Å²) in [5.74, 6) is -0.393. The van der Waals surface area contributed by atoms with Gasteiger partial charge in [-0.25, -0.2) is 0 Å². The Bertz CT molecular complexity index is 158. The van der Waals surface area contributed by atoms with Crippen LogP contribution in [0.4, 0.5) is 0 Å². The first kappa shape index (κ1) is 17.0. The summed E-state index contributed by atoms with van der Waals surface area (Å²) in [5, 5.41) is 8.45. The highest BCUT2D eigenvalue weighted by molar-refractivity contribution is 5.85. The largest absolute Gasteiger partial charge is 0.464 e. The van der Waals surface area contributed by atoms with Crippen molar-refractivity contribution in [2.24, 2.45) is 11.5 Å². The fourth-order valence-electron chi connectivity index (χ4n) is 0.971. The van der Waals surface area contributed by atoms with Gasteiger partial charge in [0.05, 0.1) is 6.61 Å². The van der Waals surface area contributed by atoms with Crippen molar-refractivity contribution in [2.45, 2.75) is 31.7 Å². The van der Waals surface area contributed by atoms with E-state index >= 15 is 0 Å². The molecule has 0 rings (SSSR count). The maximum absolute atomic E-state index is 11.2. The molecule has 0 saturated heterocycles. The fourth-order valence-corrected chi connectivity index (χ4v) is 0.971. The van der Waals surface area contributed by atoms with E-state index in [0.717, 1.165) is 12.8 Å². The van der Waals surface area contributed by atoms with E-state index in [1.54, 1.807) is 0 Å². The lowest BCUT2D eigenvalue weighted by molar-refractivity contribution is -0.145. The van der Waals surface area contributed by atoms with Gasteiger partial charge in [0, 0.05) is 13.0 Å². The zero-order valence-electron chi connectivity index (χ0n) is 8.85. The van der Waals surface area contributed by atoms with E-state index in [1.165, 1.54) is 0 Å². The Morgan fingerprint density at radius 2 is 2.00 bits per heavy atom. The Morgan fingerprint density at radius 1 is 1.33 bits per heavy atom. The molecule has 0 unspecified atom stereocenters. The average molecular weight is 241 g/mol. The number of carbonyl (C=O) groups excluding carboxylic acids is 1. The minimum atomic E-state index is -0.555. The molecule has 0 heterocycles. The summed E-state index contributed by atoms with van der Waals surface area (Å²) in [6.07, 6.45) is 2.78. The standard InChI is InChI=1S/C9H20N2O3.ClH/c10-5-2-1-4-8(11)9(13)14-7-3-6-12;/h8,12H,1-7,10-11H2;1H/t8-;/m0./s1. The highest BCUT2D eigenvalue weighted by atomic mass is 35.5. The van der Waals surface area contributed by atoms with Crippen LogP contribution >= 0.6 is 12.4 Å². The van der Waals surface area contributed by atoms with Crippen LogP contribution in [0.15, 0.2) is 0 Å². The molecule has 0 radical (unpaired) electrons. The molecule has 15 heavy (non-hydrogen) atoms. The predicted molar refractivity (Wildman–Crippen MR) is 60.8 cm³/mol. The van der Waals surface area contributed by atoms with Crippen LogP contribution in [0.1, 0.15) is 25.7 Å². The van der Waals surface area contributed by atoms with Crippen LogP contribution in [0.25, 0.3) is 0 Å². The van der Waals surface area contributed by atoms with Crippen molar-refractivity contribution >= 4 is 18.4 Å². The molecule has 0 aromatic heterocycles. The number of unbranched alkanes of at least 4 members (excludes halogenated alkanes) is 1. The Hall–Kier alpha value is -0.360. The number of esters is 1. The third kappa shape index (κ3) is 9.93. The Morgan fingerprint density at radius 3 is 2.53 bits per heavy atom. The van der Waals surface area contributed by atoms with Crippen molar-refractivity contribution in [3.05, 3.63) is 0 Å². The van der Waals surface area contributed by atoms with Gasteiger partial charge in [0.15, 0.2) is 0 Å². The highest BCUT2D eigenvalue weighted by Crippen LogP contribution is 2.00. The second-order valence-corrected chi connectivity index (χ2v) is 3.14. The summed E-state index contributed by atoms with van der Waals surface area (Å²) in [7, 11) is 0. The summed E-state index contributed by atoms with van der Waals surface area (Å²) < 4.78 is 4.82. The molecule has 0 saturated carbocycles. The normalized spacial score (nSPS) is 11.7. The summed E-state index contributed by atoms with van der Waals surface area (Å²) >= 11 is 0. The summed E-state index contributed by atoms with van der Waals surface area (Å²) in [4.78, 5) is 11.2. The van der Waals surface area contributed by atoms with E-state index in [9.17, 15) is 4.79 Å². The van der Waals surface area contributed by atoms with Crippen LogP contribution in [0.5, 0.6) is 0 Å². The Kier molecular flexibility index (Phi) is 13.3. The average Bonchev–Trinajstić information content (AvgIpc) is 2.18.